The van der Waals surface area contributed by atoms with Crippen LogP contribution >= 0.6 is 0 Å². The molecule has 1 saturated carbocycles. The molecule has 16 heavy (non-hydrogen) atoms. The summed E-state index contributed by atoms with van der Waals surface area (Å²) in [6.07, 6.45) is 3.49. The quantitative estimate of drug-likeness (QED) is 0.847. The van der Waals surface area contributed by atoms with Crippen LogP contribution in [0.15, 0.2) is 24.3 Å². The van der Waals surface area contributed by atoms with Crippen LogP contribution in [0.1, 0.15) is 35.2 Å². The maximum atomic E-state index is 10.7. The molecule has 1 fully saturated rings. The van der Waals surface area contributed by atoms with E-state index < -0.39 is 5.97 Å². The number of carboxylic acids is 1. The molecule has 0 saturated heterocycles. The second kappa shape index (κ2) is 4.26. The zero-order valence-electron chi connectivity index (χ0n) is 9.40. The summed E-state index contributed by atoms with van der Waals surface area (Å²) < 4.78 is 5.26. The molecule has 0 spiro atoms. The number of hydrogen-bond acceptors (Lipinski definition) is 2. The van der Waals surface area contributed by atoms with Crippen LogP contribution in [0.2, 0.25) is 0 Å². The minimum atomic E-state index is -0.874. The highest BCUT2D eigenvalue weighted by Crippen LogP contribution is 2.43. The lowest BCUT2D eigenvalue weighted by Gasteiger charge is -2.41. The summed E-state index contributed by atoms with van der Waals surface area (Å²) >= 11 is 0. The molecule has 1 aromatic rings. The lowest BCUT2D eigenvalue weighted by atomic mass is 9.65. The van der Waals surface area contributed by atoms with E-state index in [0.717, 1.165) is 19.4 Å². The van der Waals surface area contributed by atoms with Gasteiger partial charge in [-0.3, -0.25) is 0 Å². The molecular weight excluding hydrogens is 204 g/mol. The first-order valence-corrected chi connectivity index (χ1v) is 5.51. The van der Waals surface area contributed by atoms with Crippen molar-refractivity contribution in [2.75, 3.05) is 13.7 Å². The van der Waals surface area contributed by atoms with Crippen molar-refractivity contribution in [2.24, 2.45) is 0 Å². The molecule has 1 aliphatic rings. The number of hydrogen-bond donors (Lipinski definition) is 1. The smallest absolute Gasteiger partial charge is 0.335 e. The third-order valence-electron chi connectivity index (χ3n) is 3.48. The molecule has 3 heteroatoms. The molecule has 0 atom stereocenters. The van der Waals surface area contributed by atoms with E-state index >= 15 is 0 Å². The highest BCUT2D eigenvalue weighted by Gasteiger charge is 2.38. The second-order valence-electron chi connectivity index (χ2n) is 4.45. The Labute approximate surface area is 95.0 Å². The molecule has 2 rings (SSSR count). The molecule has 0 aromatic heterocycles. The number of carbonyl (C=O) groups is 1. The van der Waals surface area contributed by atoms with E-state index in [0.29, 0.717) is 5.56 Å². The predicted octanol–water partition coefficient (Wildman–Crippen LogP) is 2.45. The molecule has 0 radical (unpaired) electrons. The summed E-state index contributed by atoms with van der Waals surface area (Å²) in [6, 6.07) is 7.18. The Morgan fingerprint density at radius 3 is 2.38 bits per heavy atom. The van der Waals surface area contributed by atoms with Crippen molar-refractivity contribution in [3.8, 4) is 0 Å². The van der Waals surface area contributed by atoms with Crippen molar-refractivity contribution in [3.05, 3.63) is 35.4 Å². The minimum absolute atomic E-state index is 0.131. The number of ether oxygens (including phenoxy) is 1. The monoisotopic (exact) mass is 220 g/mol. The molecule has 0 heterocycles. The van der Waals surface area contributed by atoms with Crippen molar-refractivity contribution in [1.29, 1.82) is 0 Å². The van der Waals surface area contributed by atoms with Gasteiger partial charge in [-0.2, -0.15) is 0 Å². The average Bonchev–Trinajstić information content (AvgIpc) is 2.23. The molecule has 0 amide bonds. The van der Waals surface area contributed by atoms with E-state index in [9.17, 15) is 4.79 Å². The Balaban J connectivity index is 2.23. The highest BCUT2D eigenvalue weighted by molar-refractivity contribution is 5.87. The van der Waals surface area contributed by atoms with Crippen molar-refractivity contribution < 1.29 is 14.6 Å². The standard InChI is InChI=1S/C13H16O3/c1-16-9-13(7-2-8-13)11-5-3-10(4-6-11)12(14)15/h3-6H,2,7-9H2,1H3,(H,14,15). The van der Waals surface area contributed by atoms with Crippen LogP contribution in [0, 0.1) is 0 Å². The SMILES string of the molecule is COCC1(c2ccc(C(=O)O)cc2)CCC1. The lowest BCUT2D eigenvalue weighted by Crippen LogP contribution is -2.38. The normalized spacial score (nSPS) is 17.8. The van der Waals surface area contributed by atoms with Crippen LogP contribution in [-0.2, 0) is 10.2 Å². The van der Waals surface area contributed by atoms with Crippen molar-refractivity contribution in [3.63, 3.8) is 0 Å². The number of benzene rings is 1. The Morgan fingerprint density at radius 1 is 1.38 bits per heavy atom. The van der Waals surface area contributed by atoms with Gasteiger partial charge in [0.1, 0.15) is 0 Å². The first-order valence-electron chi connectivity index (χ1n) is 5.51. The minimum Gasteiger partial charge on any atom is -0.478 e. The molecule has 0 bridgehead atoms. The third kappa shape index (κ3) is 1.83. The van der Waals surface area contributed by atoms with Gasteiger partial charge in [-0.25, -0.2) is 4.79 Å². The van der Waals surface area contributed by atoms with Crippen LogP contribution in [0.4, 0.5) is 0 Å². The van der Waals surface area contributed by atoms with Crippen molar-refractivity contribution in [1.82, 2.24) is 0 Å². The fraction of sp³-hybridized carbons (Fsp3) is 0.462. The van der Waals surface area contributed by atoms with E-state index in [-0.39, 0.29) is 5.41 Å². The zero-order chi connectivity index (χ0) is 11.6. The van der Waals surface area contributed by atoms with Crippen LogP contribution < -0.4 is 0 Å². The molecule has 86 valence electrons. The van der Waals surface area contributed by atoms with Crippen LogP contribution in [0.3, 0.4) is 0 Å². The van der Waals surface area contributed by atoms with E-state index in [2.05, 4.69) is 0 Å². The van der Waals surface area contributed by atoms with Gasteiger partial charge < -0.3 is 9.84 Å². The van der Waals surface area contributed by atoms with E-state index in [4.69, 9.17) is 9.84 Å². The first kappa shape index (κ1) is 11.1. The molecule has 0 aliphatic heterocycles. The summed E-state index contributed by atoms with van der Waals surface area (Å²) in [6.45, 7) is 0.722. The van der Waals surface area contributed by atoms with E-state index in [1.54, 1.807) is 19.2 Å². The van der Waals surface area contributed by atoms with Crippen molar-refractivity contribution in [2.45, 2.75) is 24.7 Å². The number of aromatic carboxylic acids is 1. The van der Waals surface area contributed by atoms with E-state index in [1.165, 1.54) is 12.0 Å². The van der Waals surface area contributed by atoms with Gasteiger partial charge in [-0.05, 0) is 30.5 Å². The number of methoxy groups -OCH3 is 1. The topological polar surface area (TPSA) is 46.5 Å². The van der Waals surface area contributed by atoms with Crippen LogP contribution in [0.25, 0.3) is 0 Å². The number of carboxylic acid groups (broad SMARTS) is 1. The fourth-order valence-electron chi connectivity index (χ4n) is 2.36. The maximum Gasteiger partial charge on any atom is 0.335 e. The van der Waals surface area contributed by atoms with Gasteiger partial charge in [-0.1, -0.05) is 18.6 Å². The molecule has 1 aliphatic carbocycles. The number of rotatable bonds is 4. The lowest BCUT2D eigenvalue weighted by molar-refractivity contribution is 0.0696. The van der Waals surface area contributed by atoms with Gasteiger partial charge in [0.2, 0.25) is 0 Å². The van der Waals surface area contributed by atoms with E-state index in [1.807, 2.05) is 12.1 Å². The second-order valence-corrected chi connectivity index (χ2v) is 4.45. The Bertz CT molecular complexity index is 377. The summed E-state index contributed by atoms with van der Waals surface area (Å²) in [5, 5.41) is 8.83. The van der Waals surface area contributed by atoms with Gasteiger partial charge >= 0.3 is 5.97 Å². The highest BCUT2D eigenvalue weighted by atomic mass is 16.5. The van der Waals surface area contributed by atoms with Gasteiger partial charge in [0, 0.05) is 12.5 Å². The fourth-order valence-corrected chi connectivity index (χ4v) is 2.36. The van der Waals surface area contributed by atoms with Gasteiger partial charge in [-0.15, -0.1) is 0 Å². The molecule has 1 N–H and O–H groups in total. The molecule has 1 aromatic carbocycles. The zero-order valence-corrected chi connectivity index (χ0v) is 9.40. The molecule has 3 nitrogen and oxygen atoms in total. The van der Waals surface area contributed by atoms with Crippen LogP contribution in [-0.4, -0.2) is 24.8 Å². The van der Waals surface area contributed by atoms with Gasteiger partial charge in [0.05, 0.1) is 12.2 Å². The summed E-state index contributed by atoms with van der Waals surface area (Å²) in [4.78, 5) is 10.7. The largest absolute Gasteiger partial charge is 0.478 e. The molecule has 0 unspecified atom stereocenters. The maximum absolute atomic E-state index is 10.7. The summed E-state index contributed by atoms with van der Waals surface area (Å²) in [5.74, 6) is -0.874. The summed E-state index contributed by atoms with van der Waals surface area (Å²) in [7, 11) is 1.71. The van der Waals surface area contributed by atoms with Crippen molar-refractivity contribution >= 4 is 5.97 Å². The molecular formula is C13H16O3. The van der Waals surface area contributed by atoms with Gasteiger partial charge in [0.25, 0.3) is 0 Å². The first-order chi connectivity index (χ1) is 7.68. The average molecular weight is 220 g/mol. The third-order valence-corrected chi connectivity index (χ3v) is 3.48. The predicted molar refractivity (Wildman–Crippen MR) is 60.8 cm³/mol. The van der Waals surface area contributed by atoms with Crippen LogP contribution in [0.5, 0.6) is 0 Å². The van der Waals surface area contributed by atoms with Gasteiger partial charge in [0.15, 0.2) is 0 Å². The summed E-state index contributed by atoms with van der Waals surface area (Å²) in [5.41, 5.74) is 1.67. The Morgan fingerprint density at radius 2 is 2.00 bits per heavy atom. The Hall–Kier alpha value is -1.35. The Kier molecular flexibility index (Phi) is 2.97.